The van der Waals surface area contributed by atoms with Crippen LogP contribution in [0.1, 0.15) is 38.4 Å². The maximum Gasteiger partial charge on any atom is 0.333 e. The van der Waals surface area contributed by atoms with Crippen molar-refractivity contribution in [1.29, 1.82) is 0 Å². The van der Waals surface area contributed by atoms with Gasteiger partial charge in [0, 0.05) is 5.56 Å². The van der Waals surface area contributed by atoms with Crippen LogP contribution >= 0.6 is 11.6 Å². The topological polar surface area (TPSA) is 89.7 Å². The van der Waals surface area contributed by atoms with E-state index < -0.39 is 17.8 Å². The number of aromatic nitrogens is 1. The number of rotatable bonds is 4. The smallest absolute Gasteiger partial charge is 0.333 e. The monoisotopic (exact) mass is 334 g/mol. The lowest BCUT2D eigenvalue weighted by Crippen LogP contribution is -2.32. The van der Waals surface area contributed by atoms with E-state index in [1.165, 1.54) is 12.1 Å². The zero-order valence-electron chi connectivity index (χ0n) is 12.0. The minimum atomic E-state index is -0.726. The van der Waals surface area contributed by atoms with Crippen LogP contribution in [0.25, 0.3) is 0 Å². The Bertz CT molecular complexity index is 759. The maximum absolute atomic E-state index is 12.1. The molecule has 0 atom stereocenters. The standard InChI is InChI=1S/C15H11ClN2O5/c1-8-9(13(16)22-17-8)6-7-12(19)23-18-14(20)10-4-2-3-5-11(10)15(18)21/h2-5H,6-7H2,1H3. The molecule has 0 unspecified atom stereocenters. The number of amides is 2. The Labute approximate surface area is 135 Å². The first-order valence-electron chi connectivity index (χ1n) is 6.78. The predicted molar refractivity (Wildman–Crippen MR) is 77.6 cm³/mol. The lowest BCUT2D eigenvalue weighted by molar-refractivity contribution is -0.168. The van der Waals surface area contributed by atoms with Crippen molar-refractivity contribution < 1.29 is 23.7 Å². The third kappa shape index (κ3) is 2.70. The number of carbonyl (C=O) groups is 3. The predicted octanol–water partition coefficient (Wildman–Crippen LogP) is 2.32. The van der Waals surface area contributed by atoms with Crippen molar-refractivity contribution >= 4 is 29.4 Å². The van der Waals surface area contributed by atoms with Gasteiger partial charge in [-0.25, -0.2) is 4.79 Å². The van der Waals surface area contributed by atoms with Crippen LogP contribution in [-0.2, 0) is 16.1 Å². The van der Waals surface area contributed by atoms with Gasteiger partial charge in [-0.2, -0.15) is 0 Å². The molecule has 3 rings (SSSR count). The highest BCUT2D eigenvalue weighted by molar-refractivity contribution is 6.29. The molecule has 0 saturated carbocycles. The van der Waals surface area contributed by atoms with Gasteiger partial charge in [0.25, 0.3) is 11.8 Å². The van der Waals surface area contributed by atoms with E-state index >= 15 is 0 Å². The number of carbonyl (C=O) groups excluding carboxylic acids is 3. The molecule has 0 aliphatic carbocycles. The zero-order chi connectivity index (χ0) is 16.6. The minimum Gasteiger partial charge on any atom is -0.344 e. The summed E-state index contributed by atoms with van der Waals surface area (Å²) in [7, 11) is 0. The fourth-order valence-corrected chi connectivity index (χ4v) is 2.53. The summed E-state index contributed by atoms with van der Waals surface area (Å²) in [4.78, 5) is 40.9. The van der Waals surface area contributed by atoms with Gasteiger partial charge in [-0.05, 0) is 37.1 Å². The number of nitrogens with zero attached hydrogens (tertiary/aromatic N) is 2. The number of aryl methyl sites for hydroxylation is 1. The third-order valence-corrected chi connectivity index (χ3v) is 3.76. The molecule has 0 saturated heterocycles. The molecule has 1 aliphatic rings. The van der Waals surface area contributed by atoms with Gasteiger partial charge < -0.3 is 9.36 Å². The van der Waals surface area contributed by atoms with E-state index in [0.717, 1.165) is 0 Å². The van der Waals surface area contributed by atoms with E-state index in [0.29, 0.717) is 16.3 Å². The second-order valence-corrected chi connectivity index (χ2v) is 5.28. The van der Waals surface area contributed by atoms with E-state index in [4.69, 9.17) is 21.0 Å². The van der Waals surface area contributed by atoms with Gasteiger partial charge in [-0.15, -0.1) is 0 Å². The number of hydroxylamine groups is 2. The number of halogens is 1. The summed E-state index contributed by atoms with van der Waals surface area (Å²) in [5.74, 6) is -2.03. The second-order valence-electron chi connectivity index (χ2n) is 4.93. The van der Waals surface area contributed by atoms with Gasteiger partial charge in [0.1, 0.15) is 0 Å². The zero-order valence-corrected chi connectivity index (χ0v) is 12.8. The SMILES string of the molecule is Cc1noc(Cl)c1CCC(=O)ON1C(=O)c2ccccc2C1=O. The highest BCUT2D eigenvalue weighted by atomic mass is 35.5. The fourth-order valence-electron chi connectivity index (χ4n) is 2.26. The highest BCUT2D eigenvalue weighted by Gasteiger charge is 2.38. The summed E-state index contributed by atoms with van der Waals surface area (Å²) < 4.78 is 4.78. The molecule has 0 spiro atoms. The molecule has 118 valence electrons. The van der Waals surface area contributed by atoms with E-state index in [1.54, 1.807) is 19.1 Å². The summed E-state index contributed by atoms with van der Waals surface area (Å²) in [6.07, 6.45) is 0.158. The molecule has 2 amide bonds. The van der Waals surface area contributed by atoms with Crippen LogP contribution in [0.5, 0.6) is 0 Å². The first kappa shape index (κ1) is 15.2. The van der Waals surface area contributed by atoms with E-state index in [9.17, 15) is 14.4 Å². The maximum atomic E-state index is 12.1. The van der Waals surface area contributed by atoms with Crippen LogP contribution in [0.15, 0.2) is 28.8 Å². The largest absolute Gasteiger partial charge is 0.344 e. The number of hydrogen-bond acceptors (Lipinski definition) is 6. The average molecular weight is 335 g/mol. The van der Waals surface area contributed by atoms with Crippen molar-refractivity contribution in [3.63, 3.8) is 0 Å². The van der Waals surface area contributed by atoms with Gasteiger partial charge in [0.05, 0.1) is 23.2 Å². The van der Waals surface area contributed by atoms with Crippen LogP contribution in [-0.4, -0.2) is 28.0 Å². The lowest BCUT2D eigenvalue weighted by atomic mass is 10.1. The summed E-state index contributed by atoms with van der Waals surface area (Å²) in [5, 5.41) is 4.26. The van der Waals surface area contributed by atoms with Gasteiger partial charge in [0.15, 0.2) is 0 Å². The van der Waals surface area contributed by atoms with Crippen molar-refractivity contribution in [2.24, 2.45) is 0 Å². The first-order chi connectivity index (χ1) is 11.0. The second kappa shape index (κ2) is 5.85. The van der Waals surface area contributed by atoms with E-state index in [2.05, 4.69) is 5.16 Å². The molecule has 1 aromatic carbocycles. The molecule has 23 heavy (non-hydrogen) atoms. The molecule has 2 aromatic rings. The Hall–Kier alpha value is -2.67. The molecular weight excluding hydrogens is 324 g/mol. The van der Waals surface area contributed by atoms with E-state index in [1.807, 2.05) is 0 Å². The van der Waals surface area contributed by atoms with Crippen LogP contribution in [0, 0.1) is 6.92 Å². The molecular formula is C15H11ClN2O5. The van der Waals surface area contributed by atoms with Gasteiger partial charge in [-0.1, -0.05) is 22.4 Å². The Kier molecular flexibility index (Phi) is 3.87. The van der Waals surface area contributed by atoms with Crippen molar-refractivity contribution in [2.75, 3.05) is 0 Å². The van der Waals surface area contributed by atoms with Gasteiger partial charge >= 0.3 is 5.97 Å². The minimum absolute atomic E-state index is 0.0742. The number of fused-ring (bicyclic) bond motifs is 1. The summed E-state index contributed by atoms with van der Waals surface area (Å²) in [5.41, 5.74) is 1.58. The Morgan fingerprint density at radius 1 is 1.26 bits per heavy atom. The highest BCUT2D eigenvalue weighted by Crippen LogP contribution is 2.24. The normalized spacial score (nSPS) is 13.4. The van der Waals surface area contributed by atoms with Crippen LogP contribution in [0.3, 0.4) is 0 Å². The molecule has 0 bridgehead atoms. The third-order valence-electron chi connectivity index (χ3n) is 3.47. The molecule has 1 aromatic heterocycles. The number of hydrogen-bond donors (Lipinski definition) is 0. The molecule has 7 nitrogen and oxygen atoms in total. The Morgan fingerprint density at radius 2 is 1.87 bits per heavy atom. The van der Waals surface area contributed by atoms with E-state index in [-0.39, 0.29) is 29.2 Å². The molecule has 8 heteroatoms. The lowest BCUT2D eigenvalue weighted by Gasteiger charge is -2.12. The molecule has 0 fully saturated rings. The summed E-state index contributed by atoms with van der Waals surface area (Å²) >= 11 is 5.81. The van der Waals surface area contributed by atoms with Crippen molar-refractivity contribution in [3.8, 4) is 0 Å². The molecule has 1 aliphatic heterocycles. The Morgan fingerprint density at radius 3 is 2.39 bits per heavy atom. The Balaban J connectivity index is 1.65. The summed E-state index contributed by atoms with van der Waals surface area (Å²) in [6, 6.07) is 6.27. The van der Waals surface area contributed by atoms with Crippen LogP contribution in [0.2, 0.25) is 5.22 Å². The molecule has 0 N–H and O–H groups in total. The van der Waals surface area contributed by atoms with Gasteiger partial charge in [0.2, 0.25) is 5.22 Å². The number of imide groups is 1. The average Bonchev–Trinajstić information content (AvgIpc) is 2.98. The van der Waals surface area contributed by atoms with Gasteiger partial charge in [-0.3, -0.25) is 9.59 Å². The van der Waals surface area contributed by atoms with Crippen molar-refractivity contribution in [2.45, 2.75) is 19.8 Å². The molecule has 2 heterocycles. The quantitative estimate of drug-likeness (QED) is 0.797. The van der Waals surface area contributed by atoms with Crippen molar-refractivity contribution in [3.05, 3.63) is 51.9 Å². The molecule has 0 radical (unpaired) electrons. The first-order valence-corrected chi connectivity index (χ1v) is 7.16. The van der Waals surface area contributed by atoms with Crippen molar-refractivity contribution in [1.82, 2.24) is 10.2 Å². The number of benzene rings is 1. The fraction of sp³-hybridized carbons (Fsp3) is 0.200. The van der Waals surface area contributed by atoms with Crippen LogP contribution in [0.4, 0.5) is 0 Å². The summed E-state index contributed by atoms with van der Waals surface area (Å²) in [6.45, 7) is 1.69. The van der Waals surface area contributed by atoms with Crippen LogP contribution < -0.4 is 0 Å².